The van der Waals surface area contributed by atoms with E-state index in [-0.39, 0.29) is 18.0 Å². The summed E-state index contributed by atoms with van der Waals surface area (Å²) in [5.41, 5.74) is 1.11. The van der Waals surface area contributed by atoms with Gasteiger partial charge in [0.2, 0.25) is 5.91 Å². The van der Waals surface area contributed by atoms with E-state index in [0.29, 0.717) is 6.54 Å². The van der Waals surface area contributed by atoms with E-state index in [9.17, 15) is 9.59 Å². The van der Waals surface area contributed by atoms with E-state index in [2.05, 4.69) is 26.6 Å². The van der Waals surface area contributed by atoms with Crippen LogP contribution in [-0.4, -0.2) is 36.0 Å². The second-order valence-corrected chi connectivity index (χ2v) is 6.37. The molecule has 1 aromatic rings. The Kier molecular flexibility index (Phi) is 5.36. The summed E-state index contributed by atoms with van der Waals surface area (Å²) in [6, 6.07) is 7.42. The van der Waals surface area contributed by atoms with Crippen molar-refractivity contribution in [1.82, 2.24) is 15.5 Å². The predicted molar refractivity (Wildman–Crippen MR) is 84.8 cm³/mol. The van der Waals surface area contributed by atoms with Crippen LogP contribution in [0, 0.1) is 0 Å². The highest BCUT2D eigenvalue weighted by Gasteiger charge is 2.25. The largest absolute Gasteiger partial charge is 0.335 e. The lowest BCUT2D eigenvalue weighted by Crippen LogP contribution is -2.48. The van der Waals surface area contributed by atoms with Crippen LogP contribution in [0.2, 0.25) is 0 Å². The molecule has 21 heavy (non-hydrogen) atoms. The lowest BCUT2D eigenvalue weighted by atomic mass is 10.2. The van der Waals surface area contributed by atoms with E-state index in [0.717, 1.165) is 22.9 Å². The van der Waals surface area contributed by atoms with Crippen molar-refractivity contribution in [3.8, 4) is 0 Å². The van der Waals surface area contributed by atoms with Gasteiger partial charge in [-0.1, -0.05) is 28.1 Å². The topological polar surface area (TPSA) is 61.4 Å². The highest BCUT2D eigenvalue weighted by Crippen LogP contribution is 2.18. The van der Waals surface area contributed by atoms with Gasteiger partial charge in [-0.2, -0.15) is 0 Å². The van der Waals surface area contributed by atoms with Crippen LogP contribution in [-0.2, 0) is 11.3 Å². The second kappa shape index (κ2) is 7.04. The Morgan fingerprint density at radius 3 is 2.52 bits per heavy atom. The molecule has 2 N–H and O–H groups in total. The summed E-state index contributed by atoms with van der Waals surface area (Å²) in [6.07, 6.45) is 2.00. The average Bonchev–Trinajstić information content (AvgIpc) is 3.24. The fourth-order valence-corrected chi connectivity index (χ4v) is 2.14. The molecule has 1 aromatic carbocycles. The lowest BCUT2D eigenvalue weighted by Gasteiger charge is -2.23. The molecule has 2 rings (SSSR count). The number of urea groups is 1. The van der Waals surface area contributed by atoms with Crippen LogP contribution >= 0.6 is 15.9 Å². The van der Waals surface area contributed by atoms with E-state index in [1.165, 1.54) is 0 Å². The SMILES string of the molecule is C[C@@H](C(=O)NC(=O)NC1CC1)N(C)Cc1ccc(Br)cc1. The maximum absolute atomic E-state index is 12.0. The molecule has 0 aliphatic heterocycles. The Morgan fingerprint density at radius 1 is 1.33 bits per heavy atom. The van der Waals surface area contributed by atoms with Crippen molar-refractivity contribution < 1.29 is 9.59 Å². The highest BCUT2D eigenvalue weighted by molar-refractivity contribution is 9.10. The lowest BCUT2D eigenvalue weighted by molar-refractivity contribution is -0.124. The molecule has 0 saturated heterocycles. The first kappa shape index (κ1) is 16.0. The standard InChI is InChI=1S/C15H20BrN3O2/c1-10(14(20)18-15(21)17-13-7-8-13)19(2)9-11-3-5-12(16)6-4-11/h3-6,10,13H,7-9H2,1-2H3,(H2,17,18,20,21)/t10-/m0/s1. The summed E-state index contributed by atoms with van der Waals surface area (Å²) in [5, 5.41) is 5.13. The number of carbonyl (C=O) groups excluding carboxylic acids is 2. The molecule has 1 aliphatic rings. The second-order valence-electron chi connectivity index (χ2n) is 5.45. The summed E-state index contributed by atoms with van der Waals surface area (Å²) < 4.78 is 1.02. The number of benzene rings is 1. The van der Waals surface area contributed by atoms with E-state index in [1.807, 2.05) is 36.2 Å². The van der Waals surface area contributed by atoms with Gasteiger partial charge in [0.25, 0.3) is 0 Å². The average molecular weight is 354 g/mol. The van der Waals surface area contributed by atoms with Crippen molar-refractivity contribution >= 4 is 27.9 Å². The van der Waals surface area contributed by atoms with Crippen LogP contribution in [0.3, 0.4) is 0 Å². The minimum atomic E-state index is -0.397. The molecule has 1 saturated carbocycles. The van der Waals surface area contributed by atoms with Gasteiger partial charge in [0.05, 0.1) is 6.04 Å². The van der Waals surface area contributed by atoms with Gasteiger partial charge in [-0.05, 0) is 44.5 Å². The molecular weight excluding hydrogens is 334 g/mol. The van der Waals surface area contributed by atoms with Gasteiger partial charge >= 0.3 is 6.03 Å². The van der Waals surface area contributed by atoms with Crippen molar-refractivity contribution in [3.05, 3.63) is 34.3 Å². The monoisotopic (exact) mass is 353 g/mol. The number of likely N-dealkylation sites (N-methyl/N-ethyl adjacent to an activating group) is 1. The zero-order valence-corrected chi connectivity index (χ0v) is 13.8. The van der Waals surface area contributed by atoms with Gasteiger partial charge in [0, 0.05) is 17.1 Å². The maximum Gasteiger partial charge on any atom is 0.321 e. The van der Waals surface area contributed by atoms with Gasteiger partial charge in [0.1, 0.15) is 0 Å². The van der Waals surface area contributed by atoms with E-state index in [4.69, 9.17) is 0 Å². The fraction of sp³-hybridized carbons (Fsp3) is 0.467. The molecule has 1 fully saturated rings. The number of hydrogen-bond donors (Lipinski definition) is 2. The fourth-order valence-electron chi connectivity index (χ4n) is 1.88. The van der Waals surface area contributed by atoms with Crippen LogP contribution in [0.1, 0.15) is 25.3 Å². The van der Waals surface area contributed by atoms with Crippen molar-refractivity contribution in [2.75, 3.05) is 7.05 Å². The Labute approximate surface area is 133 Å². The van der Waals surface area contributed by atoms with Crippen LogP contribution in [0.15, 0.2) is 28.7 Å². The Balaban J connectivity index is 1.82. The summed E-state index contributed by atoms with van der Waals surface area (Å²) in [4.78, 5) is 25.5. The smallest absolute Gasteiger partial charge is 0.321 e. The highest BCUT2D eigenvalue weighted by atomic mass is 79.9. The molecule has 0 spiro atoms. The zero-order chi connectivity index (χ0) is 15.4. The van der Waals surface area contributed by atoms with Crippen LogP contribution in [0.25, 0.3) is 0 Å². The number of halogens is 1. The van der Waals surface area contributed by atoms with Gasteiger partial charge in [0.15, 0.2) is 0 Å². The normalized spacial score (nSPS) is 15.6. The van der Waals surface area contributed by atoms with Crippen molar-refractivity contribution in [2.45, 2.75) is 38.4 Å². The molecule has 0 bridgehead atoms. The third-order valence-electron chi connectivity index (χ3n) is 3.54. The summed E-state index contributed by atoms with van der Waals surface area (Å²) in [6.45, 7) is 2.44. The molecular formula is C15H20BrN3O2. The van der Waals surface area contributed by atoms with Crippen molar-refractivity contribution in [1.29, 1.82) is 0 Å². The molecule has 5 nitrogen and oxygen atoms in total. The third kappa shape index (κ3) is 5.13. The van der Waals surface area contributed by atoms with Crippen molar-refractivity contribution in [2.24, 2.45) is 0 Å². The Hall–Kier alpha value is -1.40. The number of imide groups is 1. The minimum Gasteiger partial charge on any atom is -0.335 e. The number of rotatable bonds is 5. The molecule has 0 radical (unpaired) electrons. The van der Waals surface area contributed by atoms with Gasteiger partial charge in [-0.3, -0.25) is 15.0 Å². The van der Waals surface area contributed by atoms with Gasteiger partial charge in [-0.15, -0.1) is 0 Å². The quantitative estimate of drug-likeness (QED) is 0.853. The number of amides is 3. The van der Waals surface area contributed by atoms with Gasteiger partial charge in [-0.25, -0.2) is 4.79 Å². The molecule has 3 amide bonds. The number of nitrogens with one attached hydrogen (secondary N) is 2. The molecule has 0 heterocycles. The molecule has 114 valence electrons. The van der Waals surface area contributed by atoms with Crippen molar-refractivity contribution in [3.63, 3.8) is 0 Å². The number of nitrogens with zero attached hydrogens (tertiary/aromatic N) is 1. The van der Waals surface area contributed by atoms with Crippen LogP contribution in [0.5, 0.6) is 0 Å². The number of hydrogen-bond acceptors (Lipinski definition) is 3. The van der Waals surface area contributed by atoms with E-state index < -0.39 is 6.03 Å². The summed E-state index contributed by atoms with van der Waals surface area (Å²) in [7, 11) is 1.87. The van der Waals surface area contributed by atoms with Crippen LogP contribution < -0.4 is 10.6 Å². The molecule has 1 aliphatic carbocycles. The van der Waals surface area contributed by atoms with Gasteiger partial charge < -0.3 is 5.32 Å². The summed E-state index contributed by atoms with van der Waals surface area (Å²) >= 11 is 3.39. The van der Waals surface area contributed by atoms with E-state index >= 15 is 0 Å². The van der Waals surface area contributed by atoms with E-state index in [1.54, 1.807) is 6.92 Å². The first-order valence-electron chi connectivity index (χ1n) is 7.01. The van der Waals surface area contributed by atoms with Crippen LogP contribution in [0.4, 0.5) is 4.79 Å². The summed E-state index contributed by atoms with van der Waals surface area (Å²) in [5.74, 6) is -0.284. The first-order chi connectivity index (χ1) is 9.95. The molecule has 6 heteroatoms. The zero-order valence-electron chi connectivity index (χ0n) is 12.2. The molecule has 0 aromatic heterocycles. The molecule has 1 atom stereocenters. The first-order valence-corrected chi connectivity index (χ1v) is 7.81. The third-order valence-corrected chi connectivity index (χ3v) is 4.06. The maximum atomic E-state index is 12.0. The Morgan fingerprint density at radius 2 is 1.95 bits per heavy atom. The predicted octanol–water partition coefficient (Wildman–Crippen LogP) is 2.26. The Bertz CT molecular complexity index is 514. The minimum absolute atomic E-state index is 0.244. The molecule has 0 unspecified atom stereocenters. The number of carbonyl (C=O) groups is 2.